The van der Waals surface area contributed by atoms with Crippen molar-refractivity contribution in [3.05, 3.63) is 97.9 Å². The van der Waals surface area contributed by atoms with Gasteiger partial charge in [-0.3, -0.25) is 4.79 Å². The highest BCUT2D eigenvalue weighted by atomic mass is 79.9. The lowest BCUT2D eigenvalue weighted by Crippen LogP contribution is -2.14. The number of ether oxygens (including phenoxy) is 1. The van der Waals surface area contributed by atoms with Crippen LogP contribution in [-0.4, -0.2) is 5.91 Å². The molecule has 0 heterocycles. The monoisotopic (exact) mass is 500 g/mol. The molecule has 0 aliphatic rings. The maximum Gasteiger partial charge on any atom is 0.266 e. The minimum atomic E-state index is -0.601. The van der Waals surface area contributed by atoms with Crippen molar-refractivity contribution in [3.8, 4) is 11.8 Å². The molecule has 3 aromatic carbocycles. The first-order chi connectivity index (χ1) is 14.5. The lowest BCUT2D eigenvalue weighted by molar-refractivity contribution is -0.112. The van der Waals surface area contributed by atoms with Crippen LogP contribution in [0.5, 0.6) is 5.75 Å². The van der Waals surface area contributed by atoms with E-state index in [0.29, 0.717) is 28.6 Å². The molecular weight excluding hydrogens is 487 g/mol. The number of anilines is 1. The van der Waals surface area contributed by atoms with E-state index >= 15 is 0 Å². The first-order valence-electron chi connectivity index (χ1n) is 8.81. The molecular formula is C23H15BrCl2N2O2. The van der Waals surface area contributed by atoms with Crippen molar-refractivity contribution < 1.29 is 9.53 Å². The first-order valence-corrected chi connectivity index (χ1v) is 10.4. The predicted molar refractivity (Wildman–Crippen MR) is 124 cm³/mol. The van der Waals surface area contributed by atoms with E-state index in [-0.39, 0.29) is 10.6 Å². The molecule has 0 saturated carbocycles. The minimum absolute atomic E-state index is 0.103. The third kappa shape index (κ3) is 5.64. The fraction of sp³-hybridized carbons (Fsp3) is 0.0435. The molecule has 4 nitrogen and oxygen atoms in total. The number of benzene rings is 3. The molecule has 3 aromatic rings. The average molecular weight is 502 g/mol. The number of nitrogens with zero attached hydrogens (tertiary/aromatic N) is 1. The molecule has 0 saturated heterocycles. The summed E-state index contributed by atoms with van der Waals surface area (Å²) in [6.07, 6.45) is 1.47. The summed E-state index contributed by atoms with van der Waals surface area (Å²) in [7, 11) is 0. The summed E-state index contributed by atoms with van der Waals surface area (Å²) in [4.78, 5) is 12.6. The maximum absolute atomic E-state index is 12.6. The number of nitriles is 1. The Kier molecular flexibility index (Phi) is 7.53. The molecule has 0 aromatic heterocycles. The molecule has 1 amide bonds. The number of hydrogen-bond acceptors (Lipinski definition) is 3. The van der Waals surface area contributed by atoms with Gasteiger partial charge in [0.05, 0.1) is 15.7 Å². The van der Waals surface area contributed by atoms with Crippen molar-refractivity contribution in [1.82, 2.24) is 0 Å². The van der Waals surface area contributed by atoms with Crippen LogP contribution in [-0.2, 0) is 11.4 Å². The van der Waals surface area contributed by atoms with Gasteiger partial charge in [0.2, 0.25) is 0 Å². The largest absolute Gasteiger partial charge is 0.488 e. The van der Waals surface area contributed by atoms with Crippen LogP contribution in [0.25, 0.3) is 6.08 Å². The zero-order valence-electron chi connectivity index (χ0n) is 15.5. The van der Waals surface area contributed by atoms with Crippen LogP contribution in [0.1, 0.15) is 11.1 Å². The standard InChI is InChI=1S/C23H15BrCl2N2O2/c24-18-9-10-21(30-14-15-5-2-1-3-6-15)16(12-18)11-17(13-27)23(29)28-20-8-4-7-19(25)22(20)26/h1-12H,14H2,(H,28,29)/b17-11+. The molecule has 0 radical (unpaired) electrons. The zero-order chi connectivity index (χ0) is 21.5. The molecule has 7 heteroatoms. The molecule has 0 bridgehead atoms. The smallest absolute Gasteiger partial charge is 0.266 e. The van der Waals surface area contributed by atoms with Crippen LogP contribution in [0.15, 0.2) is 76.8 Å². The summed E-state index contributed by atoms with van der Waals surface area (Å²) in [5.41, 5.74) is 1.81. The van der Waals surface area contributed by atoms with E-state index < -0.39 is 5.91 Å². The van der Waals surface area contributed by atoms with Gasteiger partial charge in [0.15, 0.2) is 0 Å². The lowest BCUT2D eigenvalue weighted by Gasteiger charge is -2.11. The molecule has 0 unspecified atom stereocenters. The Bertz CT molecular complexity index is 1140. The van der Waals surface area contributed by atoms with E-state index in [1.807, 2.05) is 42.5 Å². The highest BCUT2D eigenvalue weighted by Crippen LogP contribution is 2.30. The number of nitrogens with one attached hydrogen (secondary N) is 1. The van der Waals surface area contributed by atoms with Gasteiger partial charge < -0.3 is 10.1 Å². The van der Waals surface area contributed by atoms with Gasteiger partial charge in [0.25, 0.3) is 5.91 Å². The Morgan fingerprint density at radius 1 is 1.10 bits per heavy atom. The quantitative estimate of drug-likeness (QED) is 0.295. The van der Waals surface area contributed by atoms with Gasteiger partial charge in [-0.1, -0.05) is 75.5 Å². The van der Waals surface area contributed by atoms with Crippen LogP contribution in [0, 0.1) is 11.3 Å². The summed E-state index contributed by atoms with van der Waals surface area (Å²) in [5.74, 6) is -0.0564. The minimum Gasteiger partial charge on any atom is -0.488 e. The van der Waals surface area contributed by atoms with Crippen molar-refractivity contribution in [2.75, 3.05) is 5.32 Å². The highest BCUT2D eigenvalue weighted by Gasteiger charge is 2.14. The molecule has 0 atom stereocenters. The molecule has 150 valence electrons. The van der Waals surface area contributed by atoms with E-state index in [1.54, 1.807) is 30.3 Å². The Morgan fingerprint density at radius 3 is 2.60 bits per heavy atom. The second-order valence-corrected chi connectivity index (χ2v) is 7.88. The van der Waals surface area contributed by atoms with E-state index in [0.717, 1.165) is 10.0 Å². The van der Waals surface area contributed by atoms with Gasteiger partial charge in [0.1, 0.15) is 24.0 Å². The zero-order valence-corrected chi connectivity index (χ0v) is 18.6. The van der Waals surface area contributed by atoms with Crippen molar-refractivity contribution >= 4 is 56.8 Å². The molecule has 1 N–H and O–H groups in total. The summed E-state index contributed by atoms with van der Waals surface area (Å²) in [6.45, 7) is 0.357. The normalized spacial score (nSPS) is 10.9. The van der Waals surface area contributed by atoms with Gasteiger partial charge in [-0.25, -0.2) is 0 Å². The van der Waals surface area contributed by atoms with Crippen molar-refractivity contribution in [1.29, 1.82) is 5.26 Å². The fourth-order valence-corrected chi connectivity index (χ4v) is 3.32. The molecule has 3 rings (SSSR count). The average Bonchev–Trinajstić information content (AvgIpc) is 2.75. The second-order valence-electron chi connectivity index (χ2n) is 6.18. The molecule has 0 spiro atoms. The number of halogens is 3. The number of rotatable bonds is 6. The molecule has 30 heavy (non-hydrogen) atoms. The molecule has 0 aliphatic carbocycles. The lowest BCUT2D eigenvalue weighted by atomic mass is 10.1. The molecule has 0 fully saturated rings. The van der Waals surface area contributed by atoms with Crippen LogP contribution in [0.2, 0.25) is 10.0 Å². The SMILES string of the molecule is N#C/C(=C\c1cc(Br)ccc1OCc1ccccc1)C(=O)Nc1cccc(Cl)c1Cl. The summed E-state index contributed by atoms with van der Waals surface area (Å²) in [6, 6.07) is 21.9. The van der Waals surface area contributed by atoms with Crippen molar-refractivity contribution in [2.45, 2.75) is 6.61 Å². The van der Waals surface area contributed by atoms with E-state index in [2.05, 4.69) is 21.2 Å². The topological polar surface area (TPSA) is 62.1 Å². The summed E-state index contributed by atoms with van der Waals surface area (Å²) >= 11 is 15.5. The number of carbonyl (C=O) groups excluding carboxylic acids is 1. The third-order valence-corrected chi connectivity index (χ3v) is 5.39. The summed E-state index contributed by atoms with van der Waals surface area (Å²) in [5, 5.41) is 12.7. The Morgan fingerprint density at radius 2 is 1.87 bits per heavy atom. The Labute approximate surface area is 192 Å². The van der Waals surface area contributed by atoms with E-state index in [4.69, 9.17) is 27.9 Å². The number of amides is 1. The van der Waals surface area contributed by atoms with Crippen LogP contribution in [0.4, 0.5) is 5.69 Å². The van der Waals surface area contributed by atoms with E-state index in [9.17, 15) is 10.1 Å². The van der Waals surface area contributed by atoms with Crippen LogP contribution >= 0.6 is 39.1 Å². The highest BCUT2D eigenvalue weighted by molar-refractivity contribution is 9.10. The third-order valence-electron chi connectivity index (χ3n) is 4.07. The van der Waals surface area contributed by atoms with Gasteiger partial charge in [-0.15, -0.1) is 0 Å². The maximum atomic E-state index is 12.6. The first kappa shape index (κ1) is 21.9. The van der Waals surface area contributed by atoms with Gasteiger partial charge >= 0.3 is 0 Å². The predicted octanol–water partition coefficient (Wildman–Crippen LogP) is 6.88. The number of carbonyl (C=O) groups is 1. The van der Waals surface area contributed by atoms with Gasteiger partial charge in [0, 0.05) is 10.0 Å². The van der Waals surface area contributed by atoms with Gasteiger partial charge in [-0.2, -0.15) is 5.26 Å². The Hall–Kier alpha value is -2.78. The fourth-order valence-electron chi connectivity index (χ4n) is 2.59. The van der Waals surface area contributed by atoms with Crippen LogP contribution < -0.4 is 10.1 Å². The van der Waals surface area contributed by atoms with Crippen molar-refractivity contribution in [3.63, 3.8) is 0 Å². The number of hydrogen-bond donors (Lipinski definition) is 1. The van der Waals surface area contributed by atoms with Crippen molar-refractivity contribution in [2.24, 2.45) is 0 Å². The van der Waals surface area contributed by atoms with E-state index in [1.165, 1.54) is 6.08 Å². The Balaban J connectivity index is 1.85. The van der Waals surface area contributed by atoms with Crippen LogP contribution in [0.3, 0.4) is 0 Å². The summed E-state index contributed by atoms with van der Waals surface area (Å²) < 4.78 is 6.70. The second kappa shape index (κ2) is 10.3. The molecule has 0 aliphatic heterocycles. The van der Waals surface area contributed by atoms with Gasteiger partial charge in [-0.05, 0) is 42.0 Å².